The topological polar surface area (TPSA) is 63.9 Å². The standard InChI is InChI=1S/C20H25NO3/c22-17-11-12-18(23)20(24)19(17)21(13-15-7-3-1-4-8-15)14-16-9-5-2-6-10-16/h1-10,17-20,22-24H,11-14H2/t17-,18+,19+,20+/m1/s1. The summed E-state index contributed by atoms with van der Waals surface area (Å²) in [7, 11) is 0. The van der Waals surface area contributed by atoms with Crippen LogP contribution in [0.2, 0.25) is 0 Å². The smallest absolute Gasteiger partial charge is 0.0979 e. The van der Waals surface area contributed by atoms with E-state index in [-0.39, 0.29) is 0 Å². The number of benzene rings is 2. The first-order valence-electron chi connectivity index (χ1n) is 8.51. The van der Waals surface area contributed by atoms with Gasteiger partial charge in [-0.1, -0.05) is 60.7 Å². The average molecular weight is 327 g/mol. The highest BCUT2D eigenvalue weighted by molar-refractivity contribution is 5.18. The first-order chi connectivity index (χ1) is 11.6. The Morgan fingerprint density at radius 2 is 1.17 bits per heavy atom. The van der Waals surface area contributed by atoms with Crippen molar-refractivity contribution in [1.29, 1.82) is 0 Å². The van der Waals surface area contributed by atoms with Gasteiger partial charge in [0.15, 0.2) is 0 Å². The number of aliphatic hydroxyl groups excluding tert-OH is 3. The molecule has 4 heteroatoms. The molecule has 0 spiro atoms. The van der Waals surface area contributed by atoms with Crippen LogP contribution in [0.15, 0.2) is 60.7 Å². The zero-order valence-corrected chi connectivity index (χ0v) is 13.7. The molecule has 1 aliphatic rings. The lowest BCUT2D eigenvalue weighted by molar-refractivity contribution is -0.117. The van der Waals surface area contributed by atoms with Gasteiger partial charge >= 0.3 is 0 Å². The fourth-order valence-electron chi connectivity index (χ4n) is 3.50. The lowest BCUT2D eigenvalue weighted by Gasteiger charge is -2.42. The fourth-order valence-corrected chi connectivity index (χ4v) is 3.50. The molecule has 1 aliphatic carbocycles. The predicted octanol–water partition coefficient (Wildman–Crippen LogP) is 1.93. The summed E-state index contributed by atoms with van der Waals surface area (Å²) in [5.41, 5.74) is 2.24. The molecule has 4 nitrogen and oxygen atoms in total. The van der Waals surface area contributed by atoms with Crippen molar-refractivity contribution < 1.29 is 15.3 Å². The number of nitrogens with zero attached hydrogens (tertiary/aromatic N) is 1. The summed E-state index contributed by atoms with van der Waals surface area (Å²) < 4.78 is 0. The van der Waals surface area contributed by atoms with E-state index >= 15 is 0 Å². The molecule has 0 aliphatic heterocycles. The lowest BCUT2D eigenvalue weighted by atomic mass is 9.86. The van der Waals surface area contributed by atoms with Crippen LogP contribution >= 0.6 is 0 Å². The van der Waals surface area contributed by atoms with Gasteiger partial charge in [-0.3, -0.25) is 4.90 Å². The fraction of sp³-hybridized carbons (Fsp3) is 0.400. The van der Waals surface area contributed by atoms with E-state index in [4.69, 9.17) is 0 Å². The molecular formula is C20H25NO3. The summed E-state index contributed by atoms with van der Waals surface area (Å²) in [6.45, 7) is 1.22. The lowest BCUT2D eigenvalue weighted by Crippen LogP contribution is -2.57. The summed E-state index contributed by atoms with van der Waals surface area (Å²) in [5.74, 6) is 0. The maximum absolute atomic E-state index is 10.5. The predicted molar refractivity (Wildman–Crippen MR) is 93.2 cm³/mol. The van der Waals surface area contributed by atoms with Crippen LogP contribution in [0.3, 0.4) is 0 Å². The summed E-state index contributed by atoms with van der Waals surface area (Å²) in [4.78, 5) is 2.07. The average Bonchev–Trinajstić information content (AvgIpc) is 2.60. The second kappa shape index (κ2) is 7.90. The molecule has 3 N–H and O–H groups in total. The van der Waals surface area contributed by atoms with Gasteiger partial charge in [-0.2, -0.15) is 0 Å². The molecule has 0 unspecified atom stereocenters. The first kappa shape index (κ1) is 17.1. The summed E-state index contributed by atoms with van der Waals surface area (Å²) in [6.07, 6.45) is -1.43. The second-order valence-electron chi connectivity index (χ2n) is 6.57. The van der Waals surface area contributed by atoms with Crippen LogP contribution < -0.4 is 0 Å². The van der Waals surface area contributed by atoms with Crippen molar-refractivity contribution in [3.63, 3.8) is 0 Å². The third-order valence-corrected chi connectivity index (χ3v) is 4.78. The van der Waals surface area contributed by atoms with Gasteiger partial charge in [-0.25, -0.2) is 0 Å². The Morgan fingerprint density at radius 1 is 0.708 bits per heavy atom. The van der Waals surface area contributed by atoms with Crippen LogP contribution in [-0.2, 0) is 13.1 Å². The molecule has 1 fully saturated rings. The Labute approximate surface area is 143 Å². The van der Waals surface area contributed by atoms with Crippen LogP contribution in [0.4, 0.5) is 0 Å². The van der Waals surface area contributed by atoms with E-state index in [0.717, 1.165) is 11.1 Å². The minimum absolute atomic E-state index is 0.434. The molecule has 4 atom stereocenters. The maximum Gasteiger partial charge on any atom is 0.0979 e. The van der Waals surface area contributed by atoms with Crippen LogP contribution in [0.5, 0.6) is 0 Å². The van der Waals surface area contributed by atoms with Crippen LogP contribution in [-0.4, -0.2) is 44.6 Å². The molecule has 3 rings (SSSR count). The molecule has 0 bridgehead atoms. The van der Waals surface area contributed by atoms with Crippen LogP contribution in [0, 0.1) is 0 Å². The SMILES string of the molecule is O[C@@H]1[C@@H](N(Cc2ccccc2)Cc2ccccc2)[C@H](O)CC[C@@H]1O. The van der Waals surface area contributed by atoms with Crippen molar-refractivity contribution in [2.24, 2.45) is 0 Å². The van der Waals surface area contributed by atoms with Gasteiger partial charge < -0.3 is 15.3 Å². The zero-order valence-electron chi connectivity index (χ0n) is 13.7. The van der Waals surface area contributed by atoms with Gasteiger partial charge in [0.1, 0.15) is 0 Å². The molecule has 0 heterocycles. The highest BCUT2D eigenvalue weighted by Crippen LogP contribution is 2.27. The molecule has 0 amide bonds. The normalized spacial score (nSPS) is 27.3. The number of aliphatic hydroxyl groups is 3. The highest BCUT2D eigenvalue weighted by Gasteiger charge is 2.40. The summed E-state index contributed by atoms with van der Waals surface area (Å²) in [5, 5.41) is 31.0. The third-order valence-electron chi connectivity index (χ3n) is 4.78. The summed E-state index contributed by atoms with van der Waals surface area (Å²) in [6, 6.07) is 19.6. The monoisotopic (exact) mass is 327 g/mol. The van der Waals surface area contributed by atoms with Crippen LogP contribution in [0.25, 0.3) is 0 Å². The molecule has 2 aromatic carbocycles. The number of rotatable bonds is 5. The second-order valence-corrected chi connectivity index (χ2v) is 6.57. The molecular weight excluding hydrogens is 302 g/mol. The number of hydrogen-bond acceptors (Lipinski definition) is 4. The largest absolute Gasteiger partial charge is 0.391 e. The van der Waals surface area contributed by atoms with Gasteiger partial charge in [0.05, 0.1) is 24.4 Å². The van der Waals surface area contributed by atoms with Crippen molar-refractivity contribution in [2.45, 2.75) is 50.3 Å². The quantitative estimate of drug-likeness (QED) is 0.785. The molecule has 1 saturated carbocycles. The van der Waals surface area contributed by atoms with Gasteiger partial charge in [-0.15, -0.1) is 0 Å². The third kappa shape index (κ3) is 4.02. The molecule has 0 aromatic heterocycles. The van der Waals surface area contributed by atoms with E-state index in [2.05, 4.69) is 4.90 Å². The van der Waals surface area contributed by atoms with Crippen molar-refractivity contribution in [2.75, 3.05) is 0 Å². The molecule has 128 valence electrons. The van der Waals surface area contributed by atoms with E-state index in [1.165, 1.54) is 0 Å². The minimum Gasteiger partial charge on any atom is -0.391 e. The molecule has 0 saturated heterocycles. The Hall–Kier alpha value is -1.72. The van der Waals surface area contributed by atoms with Gasteiger partial charge in [-0.05, 0) is 24.0 Å². The number of hydrogen-bond donors (Lipinski definition) is 3. The molecule has 0 radical (unpaired) electrons. The van der Waals surface area contributed by atoms with Crippen molar-refractivity contribution in [3.05, 3.63) is 71.8 Å². The van der Waals surface area contributed by atoms with Gasteiger partial charge in [0, 0.05) is 13.1 Å². The van der Waals surface area contributed by atoms with Crippen LogP contribution in [0.1, 0.15) is 24.0 Å². The molecule has 24 heavy (non-hydrogen) atoms. The zero-order chi connectivity index (χ0) is 16.9. The van der Waals surface area contributed by atoms with Crippen molar-refractivity contribution in [3.8, 4) is 0 Å². The van der Waals surface area contributed by atoms with E-state index in [1.807, 2.05) is 60.7 Å². The van der Waals surface area contributed by atoms with E-state index < -0.39 is 24.4 Å². The maximum atomic E-state index is 10.5. The first-order valence-corrected chi connectivity index (χ1v) is 8.51. The van der Waals surface area contributed by atoms with E-state index in [0.29, 0.717) is 25.9 Å². The van der Waals surface area contributed by atoms with E-state index in [9.17, 15) is 15.3 Å². The Kier molecular flexibility index (Phi) is 5.63. The molecule has 2 aromatic rings. The van der Waals surface area contributed by atoms with Gasteiger partial charge in [0.25, 0.3) is 0 Å². The Balaban J connectivity index is 1.85. The Bertz CT molecular complexity index is 578. The summed E-state index contributed by atoms with van der Waals surface area (Å²) >= 11 is 0. The van der Waals surface area contributed by atoms with Crippen molar-refractivity contribution >= 4 is 0 Å². The Morgan fingerprint density at radius 3 is 1.67 bits per heavy atom. The van der Waals surface area contributed by atoms with E-state index in [1.54, 1.807) is 0 Å². The van der Waals surface area contributed by atoms with Crippen molar-refractivity contribution in [1.82, 2.24) is 4.90 Å². The minimum atomic E-state index is -0.943. The van der Waals surface area contributed by atoms with Gasteiger partial charge in [0.2, 0.25) is 0 Å². The highest BCUT2D eigenvalue weighted by atomic mass is 16.3.